The third kappa shape index (κ3) is 4.70. The van der Waals surface area contributed by atoms with Crippen molar-refractivity contribution in [2.45, 2.75) is 6.92 Å². The lowest BCUT2D eigenvalue weighted by Crippen LogP contribution is -2.26. The largest absolute Gasteiger partial charge is 0.389 e. The monoisotopic (exact) mass is 315 g/mol. The van der Waals surface area contributed by atoms with Crippen LogP contribution in [-0.2, 0) is 4.79 Å². The highest BCUT2D eigenvalue weighted by atomic mass is 79.9. The van der Waals surface area contributed by atoms with Crippen LogP contribution in [0.25, 0.3) is 0 Å². The van der Waals surface area contributed by atoms with Crippen LogP contribution in [0.3, 0.4) is 0 Å². The second-order valence-electron chi connectivity index (χ2n) is 3.47. The Labute approximate surface area is 114 Å². The van der Waals surface area contributed by atoms with Crippen molar-refractivity contribution in [3.8, 4) is 0 Å². The summed E-state index contributed by atoms with van der Waals surface area (Å²) < 4.78 is 0.894. The van der Waals surface area contributed by atoms with Gasteiger partial charge in [-0.2, -0.15) is 0 Å². The molecule has 92 valence electrons. The molecule has 1 aromatic rings. The van der Waals surface area contributed by atoms with Crippen LogP contribution >= 0.6 is 28.1 Å². The molecule has 0 aromatic heterocycles. The number of carbonyl (C=O) groups is 1. The molecule has 0 saturated carbocycles. The molecular weight excluding hydrogens is 302 g/mol. The van der Waals surface area contributed by atoms with Gasteiger partial charge in [0.2, 0.25) is 5.91 Å². The molecule has 6 heteroatoms. The molecule has 4 N–H and O–H groups in total. The van der Waals surface area contributed by atoms with E-state index in [1.807, 2.05) is 18.2 Å². The molecule has 0 aliphatic carbocycles. The molecule has 0 fully saturated rings. The third-order valence-corrected chi connectivity index (χ3v) is 2.96. The van der Waals surface area contributed by atoms with Crippen LogP contribution in [0.15, 0.2) is 22.7 Å². The Morgan fingerprint density at radius 1 is 1.47 bits per heavy atom. The predicted octanol–water partition coefficient (Wildman–Crippen LogP) is 1.63. The second kappa shape index (κ2) is 6.56. The quantitative estimate of drug-likeness (QED) is 0.571. The highest BCUT2D eigenvalue weighted by molar-refractivity contribution is 9.10. The minimum Gasteiger partial charge on any atom is -0.389 e. The van der Waals surface area contributed by atoms with E-state index in [2.05, 4.69) is 26.6 Å². The molecule has 0 radical (unpaired) electrons. The molecule has 17 heavy (non-hydrogen) atoms. The lowest BCUT2D eigenvalue weighted by Gasteiger charge is -2.10. The molecule has 1 aromatic carbocycles. The fourth-order valence-electron chi connectivity index (χ4n) is 1.25. The van der Waals surface area contributed by atoms with E-state index in [0.717, 1.165) is 15.7 Å². The molecule has 0 aliphatic heterocycles. The van der Waals surface area contributed by atoms with E-state index in [-0.39, 0.29) is 5.91 Å². The highest BCUT2D eigenvalue weighted by Gasteiger charge is 2.02. The van der Waals surface area contributed by atoms with Gasteiger partial charge in [0.15, 0.2) is 0 Å². The van der Waals surface area contributed by atoms with Gasteiger partial charge >= 0.3 is 0 Å². The Morgan fingerprint density at radius 2 is 2.18 bits per heavy atom. The van der Waals surface area contributed by atoms with Crippen molar-refractivity contribution in [1.82, 2.24) is 5.32 Å². The molecule has 0 aliphatic rings. The number of anilines is 1. The van der Waals surface area contributed by atoms with Crippen LogP contribution < -0.4 is 16.4 Å². The molecular formula is C11H14BrN3OS. The van der Waals surface area contributed by atoms with E-state index in [1.165, 1.54) is 6.92 Å². The van der Waals surface area contributed by atoms with Crippen molar-refractivity contribution in [1.29, 1.82) is 0 Å². The minimum atomic E-state index is -0.0327. The van der Waals surface area contributed by atoms with Crippen molar-refractivity contribution in [3.05, 3.63) is 28.2 Å². The number of benzene rings is 1. The summed E-state index contributed by atoms with van der Waals surface area (Å²) in [6.07, 6.45) is 0. The van der Waals surface area contributed by atoms with Gasteiger partial charge in [-0.1, -0.05) is 12.2 Å². The minimum absolute atomic E-state index is 0.0327. The number of nitrogens with one attached hydrogen (secondary N) is 2. The topological polar surface area (TPSA) is 67.2 Å². The number of hydrogen-bond acceptors (Lipinski definition) is 3. The van der Waals surface area contributed by atoms with Crippen molar-refractivity contribution < 1.29 is 4.79 Å². The van der Waals surface area contributed by atoms with Gasteiger partial charge in [-0.3, -0.25) is 4.79 Å². The maximum Gasteiger partial charge on any atom is 0.216 e. The maximum absolute atomic E-state index is 10.7. The zero-order chi connectivity index (χ0) is 12.8. The molecule has 0 unspecified atom stereocenters. The Morgan fingerprint density at radius 3 is 2.71 bits per heavy atom. The summed E-state index contributed by atoms with van der Waals surface area (Å²) >= 11 is 8.32. The number of thiocarbonyl (C=S) groups is 1. The third-order valence-electron chi connectivity index (χ3n) is 2.07. The molecule has 1 amide bonds. The summed E-state index contributed by atoms with van der Waals surface area (Å²) in [5, 5.41) is 5.90. The van der Waals surface area contributed by atoms with E-state index < -0.39 is 0 Å². The number of rotatable bonds is 5. The first-order chi connectivity index (χ1) is 8.00. The van der Waals surface area contributed by atoms with Gasteiger partial charge in [-0.25, -0.2) is 0 Å². The van der Waals surface area contributed by atoms with Gasteiger partial charge in [0.1, 0.15) is 4.99 Å². The van der Waals surface area contributed by atoms with Crippen molar-refractivity contribution in [2.75, 3.05) is 18.4 Å². The number of halogens is 1. The Balaban J connectivity index is 2.54. The first-order valence-electron chi connectivity index (χ1n) is 5.08. The SMILES string of the molecule is CC(=O)NCCNc1ccc(C(N)=S)cc1Br. The van der Waals surface area contributed by atoms with Gasteiger partial charge in [0.05, 0.1) is 0 Å². The van der Waals surface area contributed by atoms with Crippen LogP contribution in [-0.4, -0.2) is 24.0 Å². The van der Waals surface area contributed by atoms with Gasteiger partial charge in [0.25, 0.3) is 0 Å². The van der Waals surface area contributed by atoms with Crippen LogP contribution in [0.4, 0.5) is 5.69 Å². The molecule has 0 atom stereocenters. The summed E-state index contributed by atoms with van der Waals surface area (Å²) in [7, 11) is 0. The van der Waals surface area contributed by atoms with Crippen LogP contribution in [0.1, 0.15) is 12.5 Å². The highest BCUT2D eigenvalue weighted by Crippen LogP contribution is 2.23. The van der Waals surface area contributed by atoms with Crippen LogP contribution in [0.2, 0.25) is 0 Å². The average Bonchev–Trinajstić information content (AvgIpc) is 2.25. The second-order valence-corrected chi connectivity index (χ2v) is 4.76. The van der Waals surface area contributed by atoms with Crippen LogP contribution in [0.5, 0.6) is 0 Å². The zero-order valence-corrected chi connectivity index (χ0v) is 11.8. The van der Waals surface area contributed by atoms with E-state index in [1.54, 1.807) is 0 Å². The van der Waals surface area contributed by atoms with Gasteiger partial charge < -0.3 is 16.4 Å². The fraction of sp³-hybridized carbons (Fsp3) is 0.273. The zero-order valence-electron chi connectivity index (χ0n) is 9.42. The molecule has 0 heterocycles. The Kier molecular flexibility index (Phi) is 5.37. The molecule has 0 bridgehead atoms. The fourth-order valence-corrected chi connectivity index (χ4v) is 1.89. The smallest absolute Gasteiger partial charge is 0.216 e. The summed E-state index contributed by atoms with van der Waals surface area (Å²) in [5.74, 6) is -0.0327. The Hall–Kier alpha value is -1.14. The molecule has 0 spiro atoms. The van der Waals surface area contributed by atoms with E-state index >= 15 is 0 Å². The van der Waals surface area contributed by atoms with Crippen molar-refractivity contribution in [2.24, 2.45) is 5.73 Å². The normalized spacial score (nSPS) is 9.76. The number of hydrogen-bond donors (Lipinski definition) is 3. The first kappa shape index (κ1) is 13.9. The van der Waals surface area contributed by atoms with Crippen molar-refractivity contribution in [3.63, 3.8) is 0 Å². The van der Waals surface area contributed by atoms with Crippen molar-refractivity contribution >= 4 is 44.7 Å². The van der Waals surface area contributed by atoms with Gasteiger partial charge in [-0.15, -0.1) is 0 Å². The standard InChI is InChI=1S/C11H14BrN3OS/c1-7(16)14-4-5-15-10-3-2-8(11(13)17)6-9(10)12/h2-3,6,15H,4-5H2,1H3,(H2,13,17)(H,14,16). The average molecular weight is 316 g/mol. The number of amides is 1. The van der Waals surface area contributed by atoms with E-state index in [9.17, 15) is 4.79 Å². The lowest BCUT2D eigenvalue weighted by molar-refractivity contribution is -0.118. The Bertz CT molecular complexity index is 437. The van der Waals surface area contributed by atoms with Gasteiger partial charge in [-0.05, 0) is 34.1 Å². The first-order valence-corrected chi connectivity index (χ1v) is 6.28. The van der Waals surface area contributed by atoms with Gasteiger partial charge in [0, 0.05) is 35.7 Å². The molecule has 1 rings (SSSR count). The molecule has 0 saturated heterocycles. The summed E-state index contributed by atoms with van der Waals surface area (Å²) in [6.45, 7) is 2.73. The summed E-state index contributed by atoms with van der Waals surface area (Å²) in [4.78, 5) is 11.0. The predicted molar refractivity (Wildman–Crippen MR) is 77.2 cm³/mol. The summed E-state index contributed by atoms with van der Waals surface area (Å²) in [6, 6.07) is 5.61. The number of carbonyl (C=O) groups excluding carboxylic acids is 1. The maximum atomic E-state index is 10.7. The van der Waals surface area contributed by atoms with Crippen LogP contribution in [0, 0.1) is 0 Å². The van der Waals surface area contributed by atoms with E-state index in [0.29, 0.717) is 18.1 Å². The lowest BCUT2D eigenvalue weighted by atomic mass is 10.2. The number of nitrogens with two attached hydrogens (primary N) is 1. The summed E-state index contributed by atoms with van der Waals surface area (Å²) in [5.41, 5.74) is 7.29. The van der Waals surface area contributed by atoms with E-state index in [4.69, 9.17) is 18.0 Å². The molecule has 4 nitrogen and oxygen atoms in total.